The third kappa shape index (κ3) is 5.34. The minimum atomic E-state index is -1.04. The van der Waals surface area contributed by atoms with Crippen molar-refractivity contribution in [1.82, 2.24) is 0 Å². The Hall–Kier alpha value is -2.77. The summed E-state index contributed by atoms with van der Waals surface area (Å²) in [5.41, 5.74) is 0.865. The van der Waals surface area contributed by atoms with E-state index in [0.29, 0.717) is 27.8 Å². The highest BCUT2D eigenvalue weighted by Crippen LogP contribution is 2.36. The number of amides is 1. The summed E-state index contributed by atoms with van der Waals surface area (Å²) < 4.78 is 16.1. The highest BCUT2D eigenvalue weighted by Gasteiger charge is 2.39. The number of alkyl halides is 1. The summed E-state index contributed by atoms with van der Waals surface area (Å²) >= 11 is 11.7. The first kappa shape index (κ1) is 23.9. The van der Waals surface area contributed by atoms with Crippen LogP contribution in [0.2, 0.25) is 5.02 Å². The van der Waals surface area contributed by atoms with Gasteiger partial charge in [0, 0.05) is 41.9 Å². The molecule has 170 valence electrons. The smallest absolute Gasteiger partial charge is 0.312 e. The normalized spacial score (nSPS) is 16.6. The van der Waals surface area contributed by atoms with E-state index < -0.39 is 18.0 Å². The van der Waals surface area contributed by atoms with E-state index in [0.717, 1.165) is 0 Å². The fourth-order valence-corrected chi connectivity index (χ4v) is 3.81. The monoisotopic (exact) mass is 479 g/mol. The first-order valence-corrected chi connectivity index (χ1v) is 10.9. The molecular formula is C23H23Cl2NO6. The number of nitrogens with zero attached hydrogens (tertiary/aromatic N) is 1. The van der Waals surface area contributed by atoms with Crippen molar-refractivity contribution in [1.29, 1.82) is 0 Å². The summed E-state index contributed by atoms with van der Waals surface area (Å²) in [6, 6.07) is 11.4. The Balaban J connectivity index is 1.74. The number of ether oxygens (including phenoxy) is 3. The molecule has 3 rings (SSSR count). The zero-order valence-corrected chi connectivity index (χ0v) is 19.2. The van der Waals surface area contributed by atoms with Gasteiger partial charge in [-0.3, -0.25) is 14.4 Å². The van der Waals surface area contributed by atoms with Crippen molar-refractivity contribution in [3.05, 3.63) is 53.1 Å². The van der Waals surface area contributed by atoms with E-state index in [9.17, 15) is 14.4 Å². The van der Waals surface area contributed by atoms with Crippen molar-refractivity contribution >= 4 is 46.5 Å². The molecule has 9 heteroatoms. The molecule has 0 radical (unpaired) electrons. The molecule has 0 N–H and O–H groups in total. The van der Waals surface area contributed by atoms with E-state index in [1.54, 1.807) is 42.5 Å². The highest BCUT2D eigenvalue weighted by atomic mass is 35.5. The van der Waals surface area contributed by atoms with Crippen LogP contribution in [0.1, 0.15) is 23.2 Å². The Bertz CT molecular complexity index is 994. The molecule has 1 heterocycles. The molecule has 2 aromatic rings. The molecule has 1 saturated heterocycles. The number of hydrogen-bond donors (Lipinski definition) is 0. The molecule has 1 amide bonds. The molecule has 0 bridgehead atoms. The molecule has 1 fully saturated rings. The number of methoxy groups -OCH3 is 2. The van der Waals surface area contributed by atoms with Gasteiger partial charge in [0.15, 0.2) is 6.10 Å². The number of carbonyl (C=O) groups excluding carboxylic acids is 3. The number of halogens is 2. The topological polar surface area (TPSA) is 82.1 Å². The van der Waals surface area contributed by atoms with Gasteiger partial charge in [-0.05, 0) is 36.4 Å². The number of anilines is 1. The maximum Gasteiger partial charge on any atom is 0.312 e. The van der Waals surface area contributed by atoms with Gasteiger partial charge in [0.2, 0.25) is 11.7 Å². The maximum absolute atomic E-state index is 12.8. The van der Waals surface area contributed by atoms with E-state index in [4.69, 9.17) is 37.4 Å². The molecule has 1 aliphatic heterocycles. The van der Waals surface area contributed by atoms with Gasteiger partial charge in [-0.1, -0.05) is 11.6 Å². The largest absolute Gasteiger partial charge is 0.497 e. The summed E-state index contributed by atoms with van der Waals surface area (Å²) in [7, 11) is 3.02. The summed E-state index contributed by atoms with van der Waals surface area (Å²) in [4.78, 5) is 39.8. The third-order valence-corrected chi connectivity index (χ3v) is 5.66. The average Bonchev–Trinajstić information content (AvgIpc) is 3.19. The zero-order chi connectivity index (χ0) is 23.3. The molecule has 0 spiro atoms. The van der Waals surface area contributed by atoms with Gasteiger partial charge in [0.05, 0.1) is 25.8 Å². The number of benzene rings is 2. The number of Topliss-reactive ketones (excluding diaryl/α,β-unsaturated/α-hetero) is 1. The number of rotatable bonds is 9. The molecule has 32 heavy (non-hydrogen) atoms. The van der Waals surface area contributed by atoms with Crippen LogP contribution in [-0.4, -0.2) is 50.4 Å². The maximum atomic E-state index is 12.8. The van der Waals surface area contributed by atoms with Crippen LogP contribution in [0.3, 0.4) is 0 Å². The van der Waals surface area contributed by atoms with Crippen molar-refractivity contribution in [2.24, 2.45) is 5.92 Å². The van der Waals surface area contributed by atoms with Crippen LogP contribution >= 0.6 is 23.2 Å². The third-order valence-electron chi connectivity index (χ3n) is 5.19. The molecular weight excluding hydrogens is 457 g/mol. The predicted octanol–water partition coefficient (Wildman–Crippen LogP) is 4.13. The number of carbonyl (C=O) groups is 3. The lowest BCUT2D eigenvalue weighted by molar-refractivity contribution is -0.151. The van der Waals surface area contributed by atoms with Crippen LogP contribution in [0.5, 0.6) is 11.5 Å². The van der Waals surface area contributed by atoms with Crippen molar-refractivity contribution in [2.75, 3.05) is 31.5 Å². The Morgan fingerprint density at radius 1 is 1.12 bits per heavy atom. The fourth-order valence-electron chi connectivity index (χ4n) is 3.49. The zero-order valence-electron chi connectivity index (χ0n) is 17.7. The van der Waals surface area contributed by atoms with Gasteiger partial charge in [0.25, 0.3) is 0 Å². The molecule has 2 aromatic carbocycles. The highest BCUT2D eigenvalue weighted by molar-refractivity contribution is 6.30. The Morgan fingerprint density at radius 3 is 2.47 bits per heavy atom. The number of esters is 1. The van der Waals surface area contributed by atoms with Crippen molar-refractivity contribution in [3.8, 4) is 11.5 Å². The van der Waals surface area contributed by atoms with E-state index in [1.807, 2.05) is 0 Å². The summed E-state index contributed by atoms with van der Waals surface area (Å²) in [5, 5.41) is 0.491. The van der Waals surface area contributed by atoms with Crippen molar-refractivity contribution in [3.63, 3.8) is 0 Å². The second-order valence-electron chi connectivity index (χ2n) is 7.22. The van der Waals surface area contributed by atoms with Gasteiger partial charge in [-0.2, -0.15) is 0 Å². The Kier molecular flexibility index (Phi) is 7.99. The lowest BCUT2D eigenvalue weighted by Gasteiger charge is -2.21. The molecule has 0 aromatic heterocycles. The first-order chi connectivity index (χ1) is 15.4. The van der Waals surface area contributed by atoms with E-state index >= 15 is 0 Å². The van der Waals surface area contributed by atoms with E-state index in [-0.39, 0.29) is 37.0 Å². The van der Waals surface area contributed by atoms with Crippen LogP contribution in [0, 0.1) is 5.92 Å². The standard InChI is InChI=1S/C23H23Cl2NO6/c1-30-17-7-8-19(31-2)18(12-17)26-13-15(11-21(26)27)23(29)32-20(9-10-24)22(28)14-3-5-16(25)6-4-14/h3-8,12,15,20H,9-11,13H2,1-2H3/t15-,20-/m0/s1. The molecule has 1 aliphatic rings. The first-order valence-electron chi connectivity index (χ1n) is 9.96. The van der Waals surface area contributed by atoms with Crippen molar-refractivity contribution < 1.29 is 28.6 Å². The minimum absolute atomic E-state index is 0.0398. The van der Waals surface area contributed by atoms with Gasteiger partial charge >= 0.3 is 5.97 Å². The van der Waals surface area contributed by atoms with Crippen LogP contribution in [-0.2, 0) is 14.3 Å². The quantitative estimate of drug-likeness (QED) is 0.305. The summed E-state index contributed by atoms with van der Waals surface area (Å²) in [5.74, 6) is -0.813. The Morgan fingerprint density at radius 2 is 1.84 bits per heavy atom. The lowest BCUT2D eigenvalue weighted by atomic mass is 10.0. The SMILES string of the molecule is COc1ccc(OC)c(N2C[C@@H](C(=O)O[C@@H](CCCl)C(=O)c3ccc(Cl)cc3)CC2=O)c1. The van der Waals surface area contributed by atoms with Crippen LogP contribution in [0.25, 0.3) is 0 Å². The average molecular weight is 480 g/mol. The van der Waals surface area contributed by atoms with Gasteiger partial charge in [0.1, 0.15) is 11.5 Å². The van der Waals surface area contributed by atoms with E-state index in [1.165, 1.54) is 19.1 Å². The second-order valence-corrected chi connectivity index (χ2v) is 8.03. The predicted molar refractivity (Wildman–Crippen MR) is 121 cm³/mol. The van der Waals surface area contributed by atoms with Gasteiger partial charge < -0.3 is 19.1 Å². The van der Waals surface area contributed by atoms with Crippen LogP contribution < -0.4 is 14.4 Å². The second kappa shape index (κ2) is 10.7. The molecule has 0 unspecified atom stereocenters. The molecule has 7 nitrogen and oxygen atoms in total. The van der Waals surface area contributed by atoms with Crippen molar-refractivity contribution in [2.45, 2.75) is 18.9 Å². The van der Waals surface area contributed by atoms with Gasteiger partial charge in [-0.25, -0.2) is 0 Å². The molecule has 2 atom stereocenters. The summed E-state index contributed by atoms with van der Waals surface area (Å²) in [6.07, 6.45) is -0.929. The van der Waals surface area contributed by atoms with Gasteiger partial charge in [-0.15, -0.1) is 11.6 Å². The number of hydrogen-bond acceptors (Lipinski definition) is 6. The minimum Gasteiger partial charge on any atom is -0.497 e. The molecule has 0 saturated carbocycles. The van der Waals surface area contributed by atoms with E-state index in [2.05, 4.69) is 0 Å². The lowest BCUT2D eigenvalue weighted by Crippen LogP contribution is -2.32. The fraction of sp³-hybridized carbons (Fsp3) is 0.348. The summed E-state index contributed by atoms with van der Waals surface area (Å²) in [6.45, 7) is 0.101. The van der Waals surface area contributed by atoms with Crippen LogP contribution in [0.4, 0.5) is 5.69 Å². The number of ketones is 1. The molecule has 0 aliphatic carbocycles. The Labute approximate surface area is 196 Å². The van der Waals surface area contributed by atoms with Crippen LogP contribution in [0.15, 0.2) is 42.5 Å².